The van der Waals surface area contributed by atoms with Crippen molar-refractivity contribution in [2.24, 2.45) is 5.73 Å². The average molecular weight is 228 g/mol. The fourth-order valence-corrected chi connectivity index (χ4v) is 1.46. The van der Waals surface area contributed by atoms with Crippen molar-refractivity contribution in [3.8, 4) is 0 Å². The Hall–Kier alpha value is -1.56. The predicted octanol–water partition coefficient (Wildman–Crippen LogP) is -0.703. The summed E-state index contributed by atoms with van der Waals surface area (Å²) in [5.74, 6) is -1.51. The molecule has 0 aromatic carbocycles. The molecule has 1 heterocycles. The quantitative estimate of drug-likeness (QED) is 0.282. The molecule has 6 nitrogen and oxygen atoms in total. The zero-order valence-corrected chi connectivity index (χ0v) is 9.41. The average Bonchev–Trinajstić information content (AvgIpc) is 2.43. The van der Waals surface area contributed by atoms with E-state index in [-0.39, 0.29) is 11.7 Å². The Morgan fingerprint density at radius 1 is 1.56 bits per heavy atom. The van der Waals surface area contributed by atoms with Gasteiger partial charge in [-0.15, -0.1) is 0 Å². The summed E-state index contributed by atoms with van der Waals surface area (Å²) in [6.07, 6.45) is 0.474. The molecule has 1 unspecified atom stereocenters. The minimum Gasteiger partial charge on any atom is -0.465 e. The molecule has 0 saturated carbocycles. The number of carbonyl (C=O) groups is 2. The molecule has 90 valence electrons. The van der Waals surface area contributed by atoms with E-state index < -0.39 is 11.9 Å². The third kappa shape index (κ3) is 2.96. The SMILES string of the molecule is COC(=O)/C(C(N)=O)=C1\CCOC(C)CN1. The summed E-state index contributed by atoms with van der Waals surface area (Å²) in [5.41, 5.74) is 5.52. The molecule has 3 N–H and O–H groups in total. The largest absolute Gasteiger partial charge is 0.465 e. The van der Waals surface area contributed by atoms with E-state index in [1.807, 2.05) is 6.92 Å². The minimum absolute atomic E-state index is 0.0317. The number of amides is 1. The number of rotatable bonds is 2. The summed E-state index contributed by atoms with van der Waals surface area (Å²) in [4.78, 5) is 22.6. The van der Waals surface area contributed by atoms with E-state index in [0.29, 0.717) is 25.3 Å². The van der Waals surface area contributed by atoms with Gasteiger partial charge in [0.05, 0.1) is 19.8 Å². The molecule has 0 spiro atoms. The molecule has 1 aliphatic rings. The fourth-order valence-electron chi connectivity index (χ4n) is 1.46. The van der Waals surface area contributed by atoms with Crippen molar-refractivity contribution in [3.05, 3.63) is 11.3 Å². The van der Waals surface area contributed by atoms with E-state index in [9.17, 15) is 9.59 Å². The van der Waals surface area contributed by atoms with Gasteiger partial charge in [-0.2, -0.15) is 0 Å². The van der Waals surface area contributed by atoms with Crippen LogP contribution >= 0.6 is 0 Å². The number of nitrogens with one attached hydrogen (secondary N) is 1. The van der Waals surface area contributed by atoms with Crippen LogP contribution in [0.3, 0.4) is 0 Å². The highest BCUT2D eigenvalue weighted by Crippen LogP contribution is 2.12. The number of methoxy groups -OCH3 is 1. The molecule has 0 aliphatic carbocycles. The van der Waals surface area contributed by atoms with Crippen molar-refractivity contribution in [2.75, 3.05) is 20.3 Å². The molecule has 1 aliphatic heterocycles. The molecule has 1 rings (SSSR count). The molecule has 1 saturated heterocycles. The monoisotopic (exact) mass is 228 g/mol. The number of hydrogen-bond donors (Lipinski definition) is 2. The van der Waals surface area contributed by atoms with E-state index >= 15 is 0 Å². The van der Waals surface area contributed by atoms with Gasteiger partial charge in [-0.05, 0) is 6.92 Å². The first-order chi connectivity index (χ1) is 7.56. The number of carbonyl (C=O) groups excluding carboxylic acids is 2. The topological polar surface area (TPSA) is 90.7 Å². The Bertz CT molecular complexity index is 325. The predicted molar refractivity (Wildman–Crippen MR) is 56.3 cm³/mol. The first-order valence-electron chi connectivity index (χ1n) is 5.03. The molecule has 0 aromatic heterocycles. The van der Waals surface area contributed by atoms with E-state index in [2.05, 4.69) is 10.1 Å². The van der Waals surface area contributed by atoms with E-state index in [1.165, 1.54) is 7.11 Å². The van der Waals surface area contributed by atoms with Crippen molar-refractivity contribution in [2.45, 2.75) is 19.4 Å². The third-order valence-electron chi connectivity index (χ3n) is 2.30. The van der Waals surface area contributed by atoms with Gasteiger partial charge in [-0.1, -0.05) is 0 Å². The van der Waals surface area contributed by atoms with Crippen LogP contribution in [-0.2, 0) is 19.1 Å². The molecular weight excluding hydrogens is 212 g/mol. The highest BCUT2D eigenvalue weighted by molar-refractivity contribution is 6.16. The van der Waals surface area contributed by atoms with Gasteiger partial charge in [0.25, 0.3) is 5.91 Å². The Morgan fingerprint density at radius 2 is 2.25 bits per heavy atom. The van der Waals surface area contributed by atoms with Crippen molar-refractivity contribution in [3.63, 3.8) is 0 Å². The summed E-state index contributed by atoms with van der Waals surface area (Å²) in [7, 11) is 1.21. The van der Waals surface area contributed by atoms with Gasteiger partial charge >= 0.3 is 5.97 Å². The Morgan fingerprint density at radius 3 is 2.81 bits per heavy atom. The first-order valence-corrected chi connectivity index (χ1v) is 5.03. The molecule has 1 atom stereocenters. The maximum Gasteiger partial charge on any atom is 0.345 e. The van der Waals surface area contributed by atoms with Crippen LogP contribution < -0.4 is 11.1 Å². The summed E-state index contributed by atoms with van der Waals surface area (Å²) in [5, 5.41) is 2.98. The second kappa shape index (κ2) is 5.50. The van der Waals surface area contributed by atoms with Gasteiger partial charge in [-0.3, -0.25) is 4.79 Å². The van der Waals surface area contributed by atoms with Crippen molar-refractivity contribution >= 4 is 11.9 Å². The lowest BCUT2D eigenvalue weighted by molar-refractivity contribution is -0.137. The van der Waals surface area contributed by atoms with Gasteiger partial charge in [0, 0.05) is 18.7 Å². The van der Waals surface area contributed by atoms with Crippen LogP contribution in [0.25, 0.3) is 0 Å². The number of hydrogen-bond acceptors (Lipinski definition) is 5. The van der Waals surface area contributed by atoms with E-state index in [0.717, 1.165) is 0 Å². The lowest BCUT2D eigenvalue weighted by atomic mass is 10.1. The van der Waals surface area contributed by atoms with Crippen LogP contribution in [0, 0.1) is 0 Å². The highest BCUT2D eigenvalue weighted by atomic mass is 16.5. The molecule has 0 bridgehead atoms. The minimum atomic E-state index is -0.788. The van der Waals surface area contributed by atoms with Gasteiger partial charge in [0.2, 0.25) is 0 Å². The molecular formula is C10H16N2O4. The lowest BCUT2D eigenvalue weighted by Gasteiger charge is -2.11. The Labute approximate surface area is 93.8 Å². The molecule has 6 heteroatoms. The standard InChI is InChI=1S/C10H16N2O4/c1-6-5-12-7(3-4-16-6)8(9(11)13)10(14)15-2/h6,12H,3-5H2,1-2H3,(H2,11,13)/b8-7+. The highest BCUT2D eigenvalue weighted by Gasteiger charge is 2.23. The van der Waals surface area contributed by atoms with Gasteiger partial charge in [0.1, 0.15) is 5.57 Å². The summed E-state index contributed by atoms with van der Waals surface area (Å²) < 4.78 is 9.89. The van der Waals surface area contributed by atoms with Crippen LogP contribution in [0.2, 0.25) is 0 Å². The summed E-state index contributed by atoms with van der Waals surface area (Å²) in [6, 6.07) is 0. The molecule has 0 aromatic rings. The fraction of sp³-hybridized carbons (Fsp3) is 0.600. The van der Waals surface area contributed by atoms with Gasteiger partial charge in [0.15, 0.2) is 0 Å². The molecule has 1 fully saturated rings. The van der Waals surface area contributed by atoms with Crippen LogP contribution in [0.5, 0.6) is 0 Å². The van der Waals surface area contributed by atoms with Crippen LogP contribution in [0.4, 0.5) is 0 Å². The van der Waals surface area contributed by atoms with Crippen molar-refractivity contribution < 1.29 is 19.1 Å². The maximum atomic E-state index is 11.4. The van der Waals surface area contributed by atoms with Gasteiger partial charge < -0.3 is 20.5 Å². The number of primary amides is 1. The Kier molecular flexibility index (Phi) is 4.30. The smallest absolute Gasteiger partial charge is 0.345 e. The van der Waals surface area contributed by atoms with E-state index in [4.69, 9.17) is 10.5 Å². The molecule has 16 heavy (non-hydrogen) atoms. The van der Waals surface area contributed by atoms with E-state index in [1.54, 1.807) is 0 Å². The Balaban J connectivity index is 2.96. The second-order valence-corrected chi connectivity index (χ2v) is 3.52. The van der Waals surface area contributed by atoms with Crippen LogP contribution in [-0.4, -0.2) is 38.2 Å². The van der Waals surface area contributed by atoms with Crippen molar-refractivity contribution in [1.82, 2.24) is 5.32 Å². The summed E-state index contributed by atoms with van der Waals surface area (Å²) >= 11 is 0. The number of nitrogens with two attached hydrogens (primary N) is 1. The molecule has 1 amide bonds. The first kappa shape index (κ1) is 12.5. The summed E-state index contributed by atoms with van der Waals surface area (Å²) in [6.45, 7) is 2.87. The lowest BCUT2D eigenvalue weighted by Crippen LogP contribution is -2.29. The van der Waals surface area contributed by atoms with Crippen molar-refractivity contribution in [1.29, 1.82) is 0 Å². The maximum absolute atomic E-state index is 11.4. The van der Waals surface area contributed by atoms with Crippen LogP contribution in [0.1, 0.15) is 13.3 Å². The third-order valence-corrected chi connectivity index (χ3v) is 2.30. The normalized spacial score (nSPS) is 24.0. The second-order valence-electron chi connectivity index (χ2n) is 3.52. The van der Waals surface area contributed by atoms with Crippen LogP contribution in [0.15, 0.2) is 11.3 Å². The molecule has 0 radical (unpaired) electrons. The zero-order valence-electron chi connectivity index (χ0n) is 9.41. The zero-order chi connectivity index (χ0) is 12.1. The number of esters is 1. The van der Waals surface area contributed by atoms with Gasteiger partial charge in [-0.25, -0.2) is 4.79 Å². The number of ether oxygens (including phenoxy) is 2.